The second-order valence-electron chi connectivity index (χ2n) is 4.77. The summed E-state index contributed by atoms with van der Waals surface area (Å²) in [6.07, 6.45) is 3.51. The fourth-order valence-corrected chi connectivity index (χ4v) is 2.38. The summed E-state index contributed by atoms with van der Waals surface area (Å²) in [6, 6.07) is 11.5. The average molecular weight is 268 g/mol. The van der Waals surface area contributed by atoms with Crippen LogP contribution in [0, 0.1) is 0 Å². The van der Waals surface area contributed by atoms with Crippen LogP contribution in [0.25, 0.3) is 0 Å². The molecule has 102 valence electrons. The summed E-state index contributed by atoms with van der Waals surface area (Å²) in [6.45, 7) is 1.06. The standard InChI is InChI=1S/C15H16N4O/c16-8-11-3-1-5-13(7-11)19-10-14(18-15(19)20)12-4-2-6-17-9-12/h1-7,9,14H,8,10,16H2,(H,18,20). The Labute approximate surface area is 117 Å². The first-order valence-corrected chi connectivity index (χ1v) is 6.55. The van der Waals surface area contributed by atoms with Crippen LogP contribution in [0.2, 0.25) is 0 Å². The monoisotopic (exact) mass is 268 g/mol. The fourth-order valence-electron chi connectivity index (χ4n) is 2.38. The van der Waals surface area contributed by atoms with Crippen molar-refractivity contribution in [3.63, 3.8) is 0 Å². The molecule has 0 radical (unpaired) electrons. The topological polar surface area (TPSA) is 71.2 Å². The molecule has 2 amide bonds. The number of benzene rings is 1. The summed E-state index contributed by atoms with van der Waals surface area (Å²) in [5, 5.41) is 2.97. The van der Waals surface area contributed by atoms with Crippen molar-refractivity contribution in [1.29, 1.82) is 0 Å². The number of carbonyl (C=O) groups is 1. The van der Waals surface area contributed by atoms with E-state index in [0.717, 1.165) is 16.8 Å². The van der Waals surface area contributed by atoms with Gasteiger partial charge in [-0.05, 0) is 29.3 Å². The van der Waals surface area contributed by atoms with E-state index in [0.29, 0.717) is 13.1 Å². The van der Waals surface area contributed by atoms with E-state index in [2.05, 4.69) is 10.3 Å². The Morgan fingerprint density at radius 3 is 3.00 bits per heavy atom. The Kier molecular flexibility index (Phi) is 3.35. The highest BCUT2D eigenvalue weighted by Crippen LogP contribution is 2.25. The van der Waals surface area contributed by atoms with Crippen LogP contribution in [0.3, 0.4) is 0 Å². The highest BCUT2D eigenvalue weighted by atomic mass is 16.2. The van der Waals surface area contributed by atoms with E-state index >= 15 is 0 Å². The molecule has 0 spiro atoms. The maximum absolute atomic E-state index is 12.1. The first-order valence-electron chi connectivity index (χ1n) is 6.55. The minimum Gasteiger partial charge on any atom is -0.329 e. The third-order valence-corrected chi connectivity index (χ3v) is 3.45. The molecule has 0 bridgehead atoms. The first-order chi connectivity index (χ1) is 9.78. The number of pyridine rings is 1. The van der Waals surface area contributed by atoms with Gasteiger partial charge in [-0.25, -0.2) is 4.79 Å². The van der Waals surface area contributed by atoms with Crippen molar-refractivity contribution >= 4 is 11.7 Å². The van der Waals surface area contributed by atoms with E-state index in [1.165, 1.54) is 0 Å². The highest BCUT2D eigenvalue weighted by Gasteiger charge is 2.30. The number of nitrogens with two attached hydrogens (primary N) is 1. The van der Waals surface area contributed by atoms with Crippen molar-refractivity contribution in [1.82, 2.24) is 10.3 Å². The van der Waals surface area contributed by atoms with Crippen molar-refractivity contribution in [3.8, 4) is 0 Å². The van der Waals surface area contributed by atoms with E-state index in [-0.39, 0.29) is 12.1 Å². The molecule has 5 nitrogen and oxygen atoms in total. The molecule has 1 aromatic carbocycles. The third kappa shape index (κ3) is 2.35. The molecule has 2 aromatic rings. The number of hydrogen-bond acceptors (Lipinski definition) is 3. The van der Waals surface area contributed by atoms with Crippen LogP contribution in [-0.2, 0) is 6.54 Å². The second-order valence-corrected chi connectivity index (χ2v) is 4.77. The normalized spacial score (nSPS) is 18.1. The van der Waals surface area contributed by atoms with E-state index in [4.69, 9.17) is 5.73 Å². The van der Waals surface area contributed by atoms with Crippen LogP contribution in [0.1, 0.15) is 17.2 Å². The van der Waals surface area contributed by atoms with Gasteiger partial charge in [-0.3, -0.25) is 9.88 Å². The molecule has 20 heavy (non-hydrogen) atoms. The van der Waals surface area contributed by atoms with Crippen LogP contribution >= 0.6 is 0 Å². The zero-order valence-electron chi connectivity index (χ0n) is 11.0. The molecular formula is C15H16N4O. The van der Waals surface area contributed by atoms with Crippen LogP contribution in [-0.4, -0.2) is 17.6 Å². The average Bonchev–Trinajstić information content (AvgIpc) is 2.90. The fraction of sp³-hybridized carbons (Fsp3) is 0.200. The lowest BCUT2D eigenvalue weighted by atomic mass is 10.1. The van der Waals surface area contributed by atoms with Gasteiger partial charge in [0.15, 0.2) is 0 Å². The number of hydrogen-bond donors (Lipinski definition) is 2. The van der Waals surface area contributed by atoms with Crippen LogP contribution in [0.4, 0.5) is 10.5 Å². The van der Waals surface area contributed by atoms with E-state index < -0.39 is 0 Å². The molecule has 1 saturated heterocycles. The van der Waals surface area contributed by atoms with Gasteiger partial charge in [0.25, 0.3) is 0 Å². The second kappa shape index (κ2) is 5.30. The summed E-state index contributed by atoms with van der Waals surface area (Å²) >= 11 is 0. The van der Waals surface area contributed by atoms with E-state index in [9.17, 15) is 4.79 Å². The number of rotatable bonds is 3. The molecule has 5 heteroatoms. The molecule has 1 aromatic heterocycles. The van der Waals surface area contributed by atoms with Crippen molar-refractivity contribution in [3.05, 3.63) is 59.9 Å². The van der Waals surface area contributed by atoms with E-state index in [1.54, 1.807) is 17.3 Å². The van der Waals surface area contributed by atoms with Crippen molar-refractivity contribution in [2.45, 2.75) is 12.6 Å². The van der Waals surface area contributed by atoms with Crippen molar-refractivity contribution in [2.75, 3.05) is 11.4 Å². The summed E-state index contributed by atoms with van der Waals surface area (Å²) in [5.74, 6) is 0. The summed E-state index contributed by atoms with van der Waals surface area (Å²) in [5.41, 5.74) is 8.54. The zero-order valence-corrected chi connectivity index (χ0v) is 11.0. The smallest absolute Gasteiger partial charge is 0.322 e. The molecule has 3 rings (SSSR count). The Morgan fingerprint density at radius 1 is 1.35 bits per heavy atom. The molecule has 0 saturated carbocycles. The van der Waals surface area contributed by atoms with Gasteiger partial charge in [0.1, 0.15) is 0 Å². The number of nitrogens with zero attached hydrogens (tertiary/aromatic N) is 2. The number of nitrogens with one attached hydrogen (secondary N) is 1. The van der Waals surface area contributed by atoms with Crippen molar-refractivity contribution < 1.29 is 4.79 Å². The lowest BCUT2D eigenvalue weighted by molar-refractivity contribution is 0.251. The predicted molar refractivity (Wildman–Crippen MR) is 77.2 cm³/mol. The van der Waals surface area contributed by atoms with Gasteiger partial charge >= 0.3 is 6.03 Å². The molecule has 3 N–H and O–H groups in total. The summed E-state index contributed by atoms with van der Waals surface area (Å²) < 4.78 is 0. The molecule has 1 aliphatic heterocycles. The number of aromatic nitrogens is 1. The third-order valence-electron chi connectivity index (χ3n) is 3.45. The quantitative estimate of drug-likeness (QED) is 0.891. The minimum atomic E-state index is -0.0898. The maximum Gasteiger partial charge on any atom is 0.322 e. The number of carbonyl (C=O) groups excluding carboxylic acids is 1. The Bertz CT molecular complexity index is 614. The summed E-state index contributed by atoms with van der Waals surface area (Å²) in [4.78, 5) is 17.9. The molecule has 1 atom stereocenters. The van der Waals surface area contributed by atoms with Gasteiger partial charge in [-0.2, -0.15) is 0 Å². The zero-order chi connectivity index (χ0) is 13.9. The van der Waals surface area contributed by atoms with E-state index in [1.807, 2.05) is 36.4 Å². The van der Waals surface area contributed by atoms with Gasteiger partial charge in [-0.1, -0.05) is 18.2 Å². The SMILES string of the molecule is NCc1cccc(N2CC(c3cccnc3)NC2=O)c1. The largest absolute Gasteiger partial charge is 0.329 e. The molecule has 0 aliphatic carbocycles. The van der Waals surface area contributed by atoms with Gasteiger partial charge in [0.05, 0.1) is 12.6 Å². The number of anilines is 1. The summed E-state index contributed by atoms with van der Waals surface area (Å²) in [7, 11) is 0. The van der Waals surface area contributed by atoms with Gasteiger partial charge in [-0.15, -0.1) is 0 Å². The molecule has 1 aliphatic rings. The van der Waals surface area contributed by atoms with Gasteiger partial charge < -0.3 is 11.1 Å². The molecule has 1 fully saturated rings. The predicted octanol–water partition coefficient (Wildman–Crippen LogP) is 1.81. The highest BCUT2D eigenvalue weighted by molar-refractivity contribution is 5.94. The van der Waals surface area contributed by atoms with Crippen molar-refractivity contribution in [2.24, 2.45) is 5.73 Å². The van der Waals surface area contributed by atoms with Crippen LogP contribution < -0.4 is 16.0 Å². The first kappa shape index (κ1) is 12.6. The molecular weight excluding hydrogens is 252 g/mol. The molecule has 2 heterocycles. The minimum absolute atomic E-state index is 0.0299. The Hall–Kier alpha value is -2.40. The van der Waals surface area contributed by atoms with Gasteiger partial charge in [0.2, 0.25) is 0 Å². The molecule has 1 unspecified atom stereocenters. The Balaban J connectivity index is 1.83. The number of amides is 2. The lowest BCUT2D eigenvalue weighted by Crippen LogP contribution is -2.27. The lowest BCUT2D eigenvalue weighted by Gasteiger charge is -2.15. The van der Waals surface area contributed by atoms with Crippen LogP contribution in [0.15, 0.2) is 48.8 Å². The van der Waals surface area contributed by atoms with Crippen LogP contribution in [0.5, 0.6) is 0 Å². The Morgan fingerprint density at radius 2 is 2.25 bits per heavy atom. The van der Waals surface area contributed by atoms with Gasteiger partial charge in [0, 0.05) is 24.6 Å². The number of urea groups is 1. The maximum atomic E-state index is 12.1.